The zero-order chi connectivity index (χ0) is 11.3. The normalized spacial score (nSPS) is 9.73. The molecule has 1 aromatic carbocycles. The van der Waals surface area contributed by atoms with Gasteiger partial charge in [-0.05, 0) is 17.7 Å². The highest BCUT2D eigenvalue weighted by Crippen LogP contribution is 2.12. The van der Waals surface area contributed by atoms with E-state index in [4.69, 9.17) is 0 Å². The minimum atomic E-state index is -0.607. The van der Waals surface area contributed by atoms with E-state index < -0.39 is 11.7 Å². The van der Waals surface area contributed by atoms with Gasteiger partial charge in [-0.25, -0.2) is 4.39 Å². The van der Waals surface area contributed by atoms with Crippen LogP contribution in [0.5, 0.6) is 0 Å². The second-order valence-electron chi connectivity index (χ2n) is 2.85. The first kappa shape index (κ1) is 11.7. The number of amides is 1. The molecule has 0 aliphatic carbocycles. The Morgan fingerprint density at radius 3 is 2.87 bits per heavy atom. The number of carbonyl (C=O) groups excluding carboxylic acids is 2. The second-order valence-corrected chi connectivity index (χ2v) is 3.17. The van der Waals surface area contributed by atoms with Gasteiger partial charge in [-0.2, -0.15) is 12.6 Å². The first-order valence-electron chi connectivity index (χ1n) is 4.30. The largest absolute Gasteiger partial charge is 0.345 e. The van der Waals surface area contributed by atoms with Crippen molar-refractivity contribution in [2.45, 2.75) is 5.75 Å². The zero-order valence-corrected chi connectivity index (χ0v) is 8.76. The number of benzene rings is 1. The maximum absolute atomic E-state index is 13.2. The molecule has 15 heavy (non-hydrogen) atoms. The molecule has 1 N–H and O–H groups in total. The van der Waals surface area contributed by atoms with Crippen molar-refractivity contribution in [2.75, 3.05) is 6.54 Å². The van der Waals surface area contributed by atoms with Gasteiger partial charge < -0.3 is 10.1 Å². The molecule has 1 amide bonds. The van der Waals surface area contributed by atoms with Gasteiger partial charge in [0.2, 0.25) is 0 Å². The summed E-state index contributed by atoms with van der Waals surface area (Å²) in [7, 11) is 0. The van der Waals surface area contributed by atoms with Crippen molar-refractivity contribution in [3.05, 3.63) is 35.1 Å². The number of aldehydes is 1. The molecule has 0 saturated carbocycles. The van der Waals surface area contributed by atoms with Crippen molar-refractivity contribution in [1.82, 2.24) is 5.32 Å². The number of halogens is 1. The Bertz CT molecular complexity index is 382. The lowest BCUT2D eigenvalue weighted by molar-refractivity contribution is -0.107. The van der Waals surface area contributed by atoms with E-state index in [1.807, 2.05) is 0 Å². The third-order valence-corrected chi connectivity index (χ3v) is 2.17. The lowest BCUT2D eigenvalue weighted by Crippen LogP contribution is -2.26. The van der Waals surface area contributed by atoms with E-state index in [2.05, 4.69) is 17.9 Å². The van der Waals surface area contributed by atoms with Crippen molar-refractivity contribution >= 4 is 24.8 Å². The molecular formula is C10H10FNO2S. The predicted octanol–water partition coefficient (Wildman–Crippen LogP) is 1.18. The molecule has 1 aromatic rings. The molecule has 0 spiro atoms. The first-order valence-corrected chi connectivity index (χ1v) is 4.93. The molecular weight excluding hydrogens is 217 g/mol. The smallest absolute Gasteiger partial charge is 0.254 e. The van der Waals surface area contributed by atoms with Crippen LogP contribution in [0.1, 0.15) is 15.9 Å². The summed E-state index contributed by atoms with van der Waals surface area (Å²) in [5, 5.41) is 2.27. The minimum Gasteiger partial charge on any atom is -0.345 e. The van der Waals surface area contributed by atoms with E-state index in [9.17, 15) is 14.0 Å². The van der Waals surface area contributed by atoms with Crippen LogP contribution in [0.15, 0.2) is 18.2 Å². The molecule has 5 heteroatoms. The van der Waals surface area contributed by atoms with Gasteiger partial charge in [0, 0.05) is 5.75 Å². The highest BCUT2D eigenvalue weighted by molar-refractivity contribution is 7.79. The minimum absolute atomic E-state index is 0.0663. The molecule has 0 fully saturated rings. The average molecular weight is 227 g/mol. The SMILES string of the molecule is O=CCNC(=O)c1cc(CS)ccc1F. The summed E-state index contributed by atoms with van der Waals surface area (Å²) in [6, 6.07) is 4.18. The lowest BCUT2D eigenvalue weighted by Gasteiger charge is -2.04. The topological polar surface area (TPSA) is 46.2 Å². The van der Waals surface area contributed by atoms with Gasteiger partial charge in [0.1, 0.15) is 12.1 Å². The average Bonchev–Trinajstić information content (AvgIpc) is 2.26. The van der Waals surface area contributed by atoms with E-state index in [1.165, 1.54) is 12.1 Å². The zero-order valence-electron chi connectivity index (χ0n) is 7.87. The van der Waals surface area contributed by atoms with Gasteiger partial charge in [0.25, 0.3) is 5.91 Å². The van der Waals surface area contributed by atoms with Crippen LogP contribution < -0.4 is 5.32 Å². The molecule has 0 bridgehead atoms. The van der Waals surface area contributed by atoms with Crippen LogP contribution in [-0.2, 0) is 10.5 Å². The Hall–Kier alpha value is -1.36. The van der Waals surface area contributed by atoms with Gasteiger partial charge >= 0.3 is 0 Å². The Labute approximate surface area is 92.1 Å². The first-order chi connectivity index (χ1) is 7.19. The Kier molecular flexibility index (Phi) is 4.30. The number of hydrogen-bond donors (Lipinski definition) is 2. The summed E-state index contributed by atoms with van der Waals surface area (Å²) < 4.78 is 13.2. The standard InChI is InChI=1S/C10H10FNO2S/c11-9-2-1-7(6-15)5-8(9)10(14)12-3-4-13/h1-2,4-5,15H,3,6H2,(H,12,14). The molecule has 3 nitrogen and oxygen atoms in total. The molecule has 1 rings (SSSR count). The van der Waals surface area contributed by atoms with Gasteiger partial charge in [-0.3, -0.25) is 4.79 Å². The fraction of sp³-hybridized carbons (Fsp3) is 0.200. The summed E-state index contributed by atoms with van der Waals surface area (Å²) in [5.41, 5.74) is 0.680. The highest BCUT2D eigenvalue weighted by Gasteiger charge is 2.11. The number of rotatable bonds is 4. The Morgan fingerprint density at radius 2 is 2.27 bits per heavy atom. The van der Waals surface area contributed by atoms with Crippen LogP contribution >= 0.6 is 12.6 Å². The molecule has 0 atom stereocenters. The molecule has 0 aliphatic heterocycles. The molecule has 0 heterocycles. The van der Waals surface area contributed by atoms with Crippen molar-refractivity contribution in [3.8, 4) is 0 Å². The van der Waals surface area contributed by atoms with Crippen LogP contribution in [0.4, 0.5) is 4.39 Å². The quantitative estimate of drug-likeness (QED) is 0.599. The van der Waals surface area contributed by atoms with Gasteiger partial charge in [-0.1, -0.05) is 6.07 Å². The van der Waals surface area contributed by atoms with Crippen LogP contribution in [-0.4, -0.2) is 18.7 Å². The summed E-state index contributed by atoms with van der Waals surface area (Å²) in [6.07, 6.45) is 0.540. The van der Waals surface area contributed by atoms with Crippen molar-refractivity contribution in [2.24, 2.45) is 0 Å². The lowest BCUT2D eigenvalue weighted by atomic mass is 10.1. The maximum Gasteiger partial charge on any atom is 0.254 e. The third kappa shape index (κ3) is 3.06. The molecule has 0 aromatic heterocycles. The molecule has 0 saturated heterocycles. The maximum atomic E-state index is 13.2. The fourth-order valence-corrected chi connectivity index (χ4v) is 1.27. The monoisotopic (exact) mass is 227 g/mol. The van der Waals surface area contributed by atoms with E-state index >= 15 is 0 Å². The van der Waals surface area contributed by atoms with E-state index in [0.717, 1.165) is 5.56 Å². The van der Waals surface area contributed by atoms with Crippen LogP contribution in [0.25, 0.3) is 0 Å². The number of hydrogen-bond acceptors (Lipinski definition) is 3. The van der Waals surface area contributed by atoms with Crippen LogP contribution in [0.3, 0.4) is 0 Å². The van der Waals surface area contributed by atoms with Crippen LogP contribution in [0.2, 0.25) is 0 Å². The third-order valence-electron chi connectivity index (χ3n) is 1.80. The molecule has 0 aliphatic rings. The Morgan fingerprint density at radius 1 is 1.53 bits per heavy atom. The van der Waals surface area contributed by atoms with E-state index in [0.29, 0.717) is 12.0 Å². The van der Waals surface area contributed by atoms with Gasteiger partial charge in [0.15, 0.2) is 0 Å². The van der Waals surface area contributed by atoms with E-state index in [1.54, 1.807) is 6.07 Å². The van der Waals surface area contributed by atoms with Crippen molar-refractivity contribution in [3.63, 3.8) is 0 Å². The summed E-state index contributed by atoms with van der Waals surface area (Å²) in [4.78, 5) is 21.4. The summed E-state index contributed by atoms with van der Waals surface area (Å²) in [6.45, 7) is -0.122. The van der Waals surface area contributed by atoms with Gasteiger partial charge in [0.05, 0.1) is 12.1 Å². The van der Waals surface area contributed by atoms with Crippen molar-refractivity contribution < 1.29 is 14.0 Å². The van der Waals surface area contributed by atoms with E-state index in [-0.39, 0.29) is 12.1 Å². The summed E-state index contributed by atoms with van der Waals surface area (Å²) in [5.74, 6) is -0.777. The summed E-state index contributed by atoms with van der Waals surface area (Å²) >= 11 is 4.02. The Balaban J connectivity index is 2.91. The number of nitrogens with one attached hydrogen (secondary N) is 1. The van der Waals surface area contributed by atoms with Crippen LogP contribution in [0, 0.1) is 5.82 Å². The van der Waals surface area contributed by atoms with Crippen molar-refractivity contribution in [1.29, 1.82) is 0 Å². The fourth-order valence-electron chi connectivity index (χ4n) is 1.07. The highest BCUT2D eigenvalue weighted by atomic mass is 32.1. The van der Waals surface area contributed by atoms with Gasteiger partial charge in [-0.15, -0.1) is 0 Å². The molecule has 0 radical (unpaired) electrons. The predicted molar refractivity (Wildman–Crippen MR) is 57.5 cm³/mol. The molecule has 0 unspecified atom stereocenters. The molecule has 80 valence electrons. The second kappa shape index (κ2) is 5.50. The number of thiol groups is 1. The number of carbonyl (C=O) groups is 2.